The second-order valence-electron chi connectivity index (χ2n) is 6.95. The fourth-order valence-corrected chi connectivity index (χ4v) is 4.13. The van der Waals surface area contributed by atoms with E-state index in [4.69, 9.17) is 4.74 Å². The summed E-state index contributed by atoms with van der Waals surface area (Å²) in [6.45, 7) is 2.10. The molecule has 4 rings (SSSR count). The highest BCUT2D eigenvalue weighted by Gasteiger charge is 2.42. The average molecular weight is 400 g/mol. The first kappa shape index (κ1) is 18.4. The molecule has 1 saturated heterocycles. The molecule has 2 N–H and O–H groups in total. The molecule has 0 aliphatic carbocycles. The van der Waals surface area contributed by atoms with Crippen LogP contribution in [0.5, 0.6) is 5.75 Å². The van der Waals surface area contributed by atoms with E-state index < -0.39 is 5.72 Å². The van der Waals surface area contributed by atoms with E-state index in [9.17, 15) is 14.4 Å². The maximum absolute atomic E-state index is 12.5. The Balaban J connectivity index is 1.43. The Morgan fingerprint density at radius 1 is 1.36 bits per heavy atom. The highest BCUT2D eigenvalue weighted by atomic mass is 32.1. The molecule has 28 heavy (non-hydrogen) atoms. The van der Waals surface area contributed by atoms with Gasteiger partial charge in [-0.2, -0.15) is 0 Å². The fraction of sp³-hybridized carbons (Fsp3) is 0.368. The molecule has 9 heteroatoms. The van der Waals surface area contributed by atoms with Gasteiger partial charge >= 0.3 is 0 Å². The molecular weight excluding hydrogens is 380 g/mol. The molecule has 1 aromatic carbocycles. The maximum atomic E-state index is 12.5. The molecule has 1 atom stereocenters. The van der Waals surface area contributed by atoms with Crippen LogP contribution in [0.15, 0.2) is 29.6 Å². The minimum absolute atomic E-state index is 0.0575. The van der Waals surface area contributed by atoms with E-state index in [0.717, 1.165) is 5.69 Å². The molecule has 1 spiro atoms. The molecule has 2 aliphatic heterocycles. The van der Waals surface area contributed by atoms with Crippen molar-refractivity contribution in [3.63, 3.8) is 0 Å². The first-order chi connectivity index (χ1) is 13.4. The largest absolute Gasteiger partial charge is 0.467 e. The van der Waals surface area contributed by atoms with Crippen molar-refractivity contribution in [1.29, 1.82) is 0 Å². The molecule has 0 saturated carbocycles. The van der Waals surface area contributed by atoms with Crippen molar-refractivity contribution in [2.45, 2.75) is 31.9 Å². The van der Waals surface area contributed by atoms with Crippen LogP contribution in [0.3, 0.4) is 0 Å². The minimum Gasteiger partial charge on any atom is -0.467 e. The summed E-state index contributed by atoms with van der Waals surface area (Å²) >= 11 is 1.34. The second-order valence-corrected chi connectivity index (χ2v) is 7.81. The number of carbonyl (C=O) groups excluding carboxylic acids is 3. The Bertz CT molecular complexity index is 944. The zero-order chi connectivity index (χ0) is 19.7. The summed E-state index contributed by atoms with van der Waals surface area (Å²) in [7, 11) is 0. The van der Waals surface area contributed by atoms with Gasteiger partial charge in [-0.25, -0.2) is 4.98 Å². The fourth-order valence-electron chi connectivity index (χ4n) is 3.42. The number of aromatic nitrogens is 1. The van der Waals surface area contributed by atoms with E-state index >= 15 is 0 Å². The van der Waals surface area contributed by atoms with Crippen molar-refractivity contribution < 1.29 is 19.1 Å². The molecule has 2 aromatic rings. The average Bonchev–Trinajstić information content (AvgIpc) is 3.01. The van der Waals surface area contributed by atoms with Gasteiger partial charge in [0.05, 0.1) is 17.8 Å². The number of benzene rings is 1. The van der Waals surface area contributed by atoms with Gasteiger partial charge in [0.2, 0.25) is 11.8 Å². The number of rotatable bonds is 3. The third-order valence-electron chi connectivity index (χ3n) is 4.86. The van der Waals surface area contributed by atoms with Gasteiger partial charge < -0.3 is 20.3 Å². The topological polar surface area (TPSA) is 101 Å². The Morgan fingerprint density at radius 2 is 2.18 bits per heavy atom. The number of aryl methyl sites for hydroxylation is 1. The van der Waals surface area contributed by atoms with Gasteiger partial charge in [-0.3, -0.25) is 14.4 Å². The van der Waals surface area contributed by atoms with Crippen molar-refractivity contribution in [3.05, 3.63) is 40.9 Å². The molecule has 0 radical (unpaired) electrons. The van der Waals surface area contributed by atoms with Crippen molar-refractivity contribution in [2.24, 2.45) is 0 Å². The number of nitrogens with zero attached hydrogens (tertiary/aromatic N) is 2. The van der Waals surface area contributed by atoms with Crippen molar-refractivity contribution in [2.75, 3.05) is 18.4 Å². The zero-order valence-corrected chi connectivity index (χ0v) is 16.2. The van der Waals surface area contributed by atoms with E-state index in [1.165, 1.54) is 16.2 Å². The number of hydrogen-bond donors (Lipinski definition) is 2. The number of likely N-dealkylation sites (tertiary alicyclic amines) is 1. The Kier molecular flexibility index (Phi) is 4.76. The summed E-state index contributed by atoms with van der Waals surface area (Å²) in [5.41, 5.74) is 0.385. The summed E-state index contributed by atoms with van der Waals surface area (Å²) in [5.74, 6) is -0.125. The molecule has 1 fully saturated rings. The smallest absolute Gasteiger partial charge is 0.258 e. The van der Waals surface area contributed by atoms with Crippen LogP contribution in [-0.4, -0.2) is 46.4 Å². The summed E-state index contributed by atoms with van der Waals surface area (Å²) in [6.07, 6.45) is 0.949. The SMILES string of the molecule is Cc1csc(NC(=O)CN2CCC3(CCC2=O)NC(=O)c2ccccc2O3)n1. The van der Waals surface area contributed by atoms with E-state index in [0.29, 0.717) is 35.8 Å². The third kappa shape index (κ3) is 3.70. The zero-order valence-electron chi connectivity index (χ0n) is 15.4. The lowest BCUT2D eigenvalue weighted by Gasteiger charge is -2.38. The molecule has 146 valence electrons. The highest BCUT2D eigenvalue weighted by Crippen LogP contribution is 2.33. The van der Waals surface area contributed by atoms with Gasteiger partial charge in [-0.15, -0.1) is 11.3 Å². The Morgan fingerprint density at radius 3 is 2.96 bits per heavy atom. The number of anilines is 1. The number of ether oxygens (including phenoxy) is 1. The summed E-state index contributed by atoms with van der Waals surface area (Å²) < 4.78 is 6.09. The van der Waals surface area contributed by atoms with E-state index in [1.807, 2.05) is 18.4 Å². The van der Waals surface area contributed by atoms with E-state index in [-0.39, 0.29) is 30.7 Å². The molecule has 0 bridgehead atoms. The summed E-state index contributed by atoms with van der Waals surface area (Å²) in [5, 5.41) is 7.99. The molecule has 8 nitrogen and oxygen atoms in total. The standard InChI is InChI=1S/C19H20N4O4S/c1-12-11-28-18(20-12)21-15(24)10-23-9-8-19(7-6-16(23)25)22-17(26)13-4-2-3-5-14(13)27-19/h2-5,11H,6-10H2,1H3,(H,22,26)(H,20,21,24). The number of carbonyl (C=O) groups is 3. The molecule has 3 amide bonds. The lowest BCUT2D eigenvalue weighted by Crippen LogP contribution is -2.56. The molecule has 2 aliphatic rings. The van der Waals surface area contributed by atoms with Crippen LogP contribution < -0.4 is 15.4 Å². The number of nitrogens with one attached hydrogen (secondary N) is 2. The van der Waals surface area contributed by atoms with E-state index in [2.05, 4.69) is 15.6 Å². The highest BCUT2D eigenvalue weighted by molar-refractivity contribution is 7.13. The van der Waals surface area contributed by atoms with Gasteiger partial charge in [-0.05, 0) is 19.1 Å². The van der Waals surface area contributed by atoms with Crippen molar-refractivity contribution in [1.82, 2.24) is 15.2 Å². The van der Waals surface area contributed by atoms with Gasteiger partial charge in [0.1, 0.15) is 5.75 Å². The number of fused-ring (bicyclic) bond motifs is 1. The van der Waals surface area contributed by atoms with Gasteiger partial charge in [0.25, 0.3) is 5.91 Å². The molecule has 3 heterocycles. The van der Waals surface area contributed by atoms with Crippen LogP contribution >= 0.6 is 11.3 Å². The quantitative estimate of drug-likeness (QED) is 0.820. The molecule has 1 aromatic heterocycles. The molecule has 1 unspecified atom stereocenters. The first-order valence-corrected chi connectivity index (χ1v) is 9.92. The predicted molar refractivity (Wildman–Crippen MR) is 103 cm³/mol. The normalized spacial score (nSPS) is 21.5. The van der Waals surface area contributed by atoms with Crippen LogP contribution in [0.1, 0.15) is 35.3 Å². The van der Waals surface area contributed by atoms with Crippen LogP contribution in [0.25, 0.3) is 0 Å². The monoisotopic (exact) mass is 400 g/mol. The number of para-hydroxylation sites is 1. The van der Waals surface area contributed by atoms with Crippen molar-refractivity contribution in [3.8, 4) is 5.75 Å². The first-order valence-electron chi connectivity index (χ1n) is 9.04. The number of amides is 3. The minimum atomic E-state index is -0.932. The van der Waals surface area contributed by atoms with Crippen LogP contribution in [0.4, 0.5) is 5.13 Å². The lowest BCUT2D eigenvalue weighted by atomic mass is 10.0. The van der Waals surface area contributed by atoms with Crippen LogP contribution in [0.2, 0.25) is 0 Å². The Labute approximate surface area is 165 Å². The Hall–Kier alpha value is -2.94. The van der Waals surface area contributed by atoms with Gasteiger partial charge in [0, 0.05) is 31.2 Å². The number of thiazole rings is 1. The number of hydrogen-bond acceptors (Lipinski definition) is 6. The summed E-state index contributed by atoms with van der Waals surface area (Å²) in [4.78, 5) is 43.0. The van der Waals surface area contributed by atoms with Crippen LogP contribution in [0, 0.1) is 6.92 Å². The predicted octanol–water partition coefficient (Wildman–Crippen LogP) is 1.92. The van der Waals surface area contributed by atoms with Gasteiger partial charge in [0.15, 0.2) is 10.9 Å². The van der Waals surface area contributed by atoms with Crippen LogP contribution in [-0.2, 0) is 9.59 Å². The van der Waals surface area contributed by atoms with Gasteiger partial charge in [-0.1, -0.05) is 12.1 Å². The maximum Gasteiger partial charge on any atom is 0.258 e. The lowest BCUT2D eigenvalue weighted by molar-refractivity contribution is -0.134. The third-order valence-corrected chi connectivity index (χ3v) is 5.73. The van der Waals surface area contributed by atoms with Crippen molar-refractivity contribution >= 4 is 34.2 Å². The second kappa shape index (κ2) is 7.23. The van der Waals surface area contributed by atoms with E-state index in [1.54, 1.807) is 18.2 Å². The summed E-state index contributed by atoms with van der Waals surface area (Å²) in [6, 6.07) is 7.05. The molecular formula is C19H20N4O4S.